The molecule has 1 aromatic carbocycles. The molecule has 0 fully saturated rings. The molecule has 0 saturated heterocycles. The minimum Gasteiger partial charge on any atom is -0.496 e. The van der Waals surface area contributed by atoms with Crippen LogP contribution in [0.4, 0.5) is 5.95 Å². The van der Waals surface area contributed by atoms with E-state index in [1.54, 1.807) is 14.0 Å². The molecule has 8 heteroatoms. The maximum Gasteiger partial charge on any atom is 0.274 e. The summed E-state index contributed by atoms with van der Waals surface area (Å²) in [6, 6.07) is 6.01. The lowest BCUT2D eigenvalue weighted by atomic mass is 10.1. The van der Waals surface area contributed by atoms with Crippen LogP contribution in [-0.2, 0) is 6.54 Å². The number of aromatic amines is 1. The summed E-state index contributed by atoms with van der Waals surface area (Å²) >= 11 is 0. The second-order valence-corrected chi connectivity index (χ2v) is 6.06. The normalized spacial score (nSPS) is 11.7. The third-order valence-corrected chi connectivity index (χ3v) is 4.33. The smallest absolute Gasteiger partial charge is 0.274 e. The Hall–Kier alpha value is -2.74. The Kier molecular flexibility index (Phi) is 6.85. The monoisotopic (exact) mass is 359 g/mol. The van der Waals surface area contributed by atoms with Gasteiger partial charge in [0.25, 0.3) is 5.56 Å². The van der Waals surface area contributed by atoms with E-state index in [1.807, 2.05) is 19.1 Å². The van der Waals surface area contributed by atoms with E-state index in [2.05, 4.69) is 45.6 Å². The van der Waals surface area contributed by atoms with Crippen LogP contribution in [0.3, 0.4) is 0 Å². The molecular weight excluding hydrogens is 332 g/mol. The third kappa shape index (κ3) is 4.89. The Morgan fingerprint density at radius 2 is 2.04 bits per heavy atom. The molecule has 26 heavy (non-hydrogen) atoms. The zero-order chi connectivity index (χ0) is 19.1. The van der Waals surface area contributed by atoms with Gasteiger partial charge in [-0.3, -0.25) is 9.78 Å². The number of methoxy groups -OCH3 is 1. The molecule has 0 aliphatic carbocycles. The van der Waals surface area contributed by atoms with Gasteiger partial charge in [0, 0.05) is 5.56 Å². The number of quaternary nitrogens is 1. The van der Waals surface area contributed by atoms with Gasteiger partial charge >= 0.3 is 0 Å². The summed E-state index contributed by atoms with van der Waals surface area (Å²) in [6.07, 6.45) is 0. The zero-order valence-electron chi connectivity index (χ0n) is 16.0. The number of anilines is 1. The Morgan fingerprint density at radius 3 is 2.65 bits per heavy atom. The first kappa shape index (κ1) is 19.6. The van der Waals surface area contributed by atoms with E-state index in [9.17, 15) is 4.79 Å². The van der Waals surface area contributed by atoms with E-state index in [0.717, 1.165) is 42.2 Å². The van der Waals surface area contributed by atoms with E-state index in [4.69, 9.17) is 4.74 Å². The van der Waals surface area contributed by atoms with Gasteiger partial charge in [-0.1, -0.05) is 0 Å². The van der Waals surface area contributed by atoms with Crippen molar-refractivity contribution in [2.45, 2.75) is 34.2 Å². The summed E-state index contributed by atoms with van der Waals surface area (Å²) in [6.45, 7) is 10.8. The van der Waals surface area contributed by atoms with Crippen LogP contribution in [0.25, 0.3) is 0 Å². The number of aromatic nitrogens is 3. The minimum atomic E-state index is -0.288. The number of ether oxygens (including phenoxy) is 1. The van der Waals surface area contributed by atoms with Crippen LogP contribution < -0.4 is 20.6 Å². The van der Waals surface area contributed by atoms with Gasteiger partial charge in [0.2, 0.25) is 5.95 Å². The highest BCUT2D eigenvalue weighted by Crippen LogP contribution is 2.19. The highest BCUT2D eigenvalue weighted by atomic mass is 16.5. The summed E-state index contributed by atoms with van der Waals surface area (Å²) in [5.41, 5.74) is 5.66. The predicted octanol–water partition coefficient (Wildman–Crippen LogP) is 0.743. The Morgan fingerprint density at radius 1 is 1.31 bits per heavy atom. The van der Waals surface area contributed by atoms with Gasteiger partial charge in [-0.05, 0) is 51.5 Å². The maximum atomic E-state index is 11.6. The lowest BCUT2D eigenvalue weighted by molar-refractivity contribution is -0.910. The number of nitrogens with one attached hydrogen (secondary N) is 3. The fourth-order valence-electron chi connectivity index (χ4n) is 2.56. The molecule has 0 radical (unpaired) electrons. The van der Waals surface area contributed by atoms with Crippen molar-refractivity contribution in [1.29, 1.82) is 0 Å². The number of H-pyrrole nitrogens is 1. The van der Waals surface area contributed by atoms with E-state index < -0.39 is 0 Å². The molecule has 2 rings (SSSR count). The molecule has 0 bridgehead atoms. The largest absolute Gasteiger partial charge is 0.496 e. The van der Waals surface area contributed by atoms with Crippen molar-refractivity contribution < 1.29 is 9.64 Å². The fourth-order valence-corrected chi connectivity index (χ4v) is 2.56. The second kappa shape index (κ2) is 9.10. The summed E-state index contributed by atoms with van der Waals surface area (Å²) in [5, 5.41) is 11.9. The molecule has 2 aromatic rings. The molecule has 3 N–H and O–H groups in total. The molecule has 1 aromatic heterocycles. The lowest BCUT2D eigenvalue weighted by Crippen LogP contribution is -3.10. The number of hydrogen-bond donors (Lipinski definition) is 3. The molecule has 0 aliphatic heterocycles. The number of aryl methyl sites for hydroxylation is 1. The van der Waals surface area contributed by atoms with Gasteiger partial charge in [-0.2, -0.15) is 5.10 Å². The second-order valence-electron chi connectivity index (χ2n) is 6.06. The summed E-state index contributed by atoms with van der Waals surface area (Å²) in [5.74, 6) is 1.09. The van der Waals surface area contributed by atoms with Crippen LogP contribution in [0.5, 0.6) is 5.75 Å². The summed E-state index contributed by atoms with van der Waals surface area (Å²) in [7, 11) is 1.69. The van der Waals surface area contributed by atoms with Gasteiger partial charge in [-0.25, -0.2) is 5.43 Å². The van der Waals surface area contributed by atoms with Crippen LogP contribution in [0.15, 0.2) is 28.1 Å². The van der Waals surface area contributed by atoms with Crippen LogP contribution in [0.1, 0.15) is 37.6 Å². The highest BCUT2D eigenvalue weighted by Gasteiger charge is 2.12. The SMILES string of the molecule is CC[NH+](CC)Cc1cc(/C(C)=N\Nc2nnc(C)c(=O)[nH]2)ccc1OC. The van der Waals surface area contributed by atoms with E-state index in [-0.39, 0.29) is 11.5 Å². The first-order valence-corrected chi connectivity index (χ1v) is 8.73. The molecule has 0 aliphatic rings. The van der Waals surface area contributed by atoms with E-state index in [1.165, 1.54) is 4.90 Å². The summed E-state index contributed by atoms with van der Waals surface area (Å²) < 4.78 is 5.50. The molecule has 1 heterocycles. The van der Waals surface area contributed by atoms with E-state index in [0.29, 0.717) is 5.69 Å². The number of hydrazone groups is 1. The van der Waals surface area contributed by atoms with Gasteiger partial charge in [-0.15, -0.1) is 10.2 Å². The molecule has 0 saturated carbocycles. The average Bonchev–Trinajstić information content (AvgIpc) is 2.66. The quantitative estimate of drug-likeness (QED) is 0.477. The number of hydrogen-bond acceptors (Lipinski definition) is 6. The molecule has 140 valence electrons. The van der Waals surface area contributed by atoms with Crippen molar-refractivity contribution in [3.8, 4) is 5.75 Å². The van der Waals surface area contributed by atoms with Gasteiger partial charge in [0.15, 0.2) is 0 Å². The topological polar surface area (TPSA) is 96.7 Å². The van der Waals surface area contributed by atoms with Crippen LogP contribution in [0, 0.1) is 6.92 Å². The van der Waals surface area contributed by atoms with E-state index >= 15 is 0 Å². The Labute approximate surface area is 153 Å². The predicted molar refractivity (Wildman–Crippen MR) is 102 cm³/mol. The van der Waals surface area contributed by atoms with Gasteiger partial charge < -0.3 is 9.64 Å². The molecule has 0 unspecified atom stereocenters. The van der Waals surface area contributed by atoms with Crippen molar-refractivity contribution in [1.82, 2.24) is 15.2 Å². The fraction of sp³-hybridized carbons (Fsp3) is 0.444. The van der Waals surface area contributed by atoms with Crippen molar-refractivity contribution in [2.24, 2.45) is 5.10 Å². The lowest BCUT2D eigenvalue weighted by Gasteiger charge is -2.18. The van der Waals surface area contributed by atoms with Crippen LogP contribution in [0.2, 0.25) is 0 Å². The number of benzene rings is 1. The van der Waals surface area contributed by atoms with Crippen molar-refractivity contribution in [3.05, 3.63) is 45.4 Å². The first-order valence-electron chi connectivity index (χ1n) is 8.73. The van der Waals surface area contributed by atoms with Crippen molar-refractivity contribution >= 4 is 11.7 Å². The maximum absolute atomic E-state index is 11.6. The average molecular weight is 359 g/mol. The highest BCUT2D eigenvalue weighted by molar-refractivity contribution is 5.99. The van der Waals surface area contributed by atoms with Crippen LogP contribution >= 0.6 is 0 Å². The zero-order valence-corrected chi connectivity index (χ0v) is 16.0. The van der Waals surface area contributed by atoms with Crippen molar-refractivity contribution in [2.75, 3.05) is 25.6 Å². The van der Waals surface area contributed by atoms with Gasteiger partial charge in [0.05, 0.1) is 25.9 Å². The molecule has 0 atom stereocenters. The third-order valence-electron chi connectivity index (χ3n) is 4.33. The summed E-state index contributed by atoms with van der Waals surface area (Å²) in [4.78, 5) is 15.6. The Balaban J connectivity index is 2.22. The molecule has 0 spiro atoms. The Bertz CT molecular complexity index is 827. The number of nitrogens with zero attached hydrogens (tertiary/aromatic N) is 3. The van der Waals surface area contributed by atoms with Gasteiger partial charge in [0.1, 0.15) is 18.0 Å². The van der Waals surface area contributed by atoms with Crippen molar-refractivity contribution in [3.63, 3.8) is 0 Å². The molecule has 0 amide bonds. The minimum absolute atomic E-state index is 0.210. The molecule has 8 nitrogen and oxygen atoms in total. The first-order chi connectivity index (χ1) is 12.5. The standard InChI is InChI=1S/C18H26N6O2/c1-6-24(7-2)11-15-10-14(8-9-16(15)26-5)12(3)20-22-18-19-17(25)13(4)21-23-18/h8-10H,6-7,11H2,1-5H3,(H2,19,22,23,25)/p+1/b20-12-. The van der Waals surface area contributed by atoms with Crippen LogP contribution in [-0.4, -0.2) is 41.1 Å². The number of rotatable bonds is 8. The molecular formula is C18H27N6O2+.